The first-order chi connectivity index (χ1) is 14.5. The highest BCUT2D eigenvalue weighted by Gasteiger charge is 2.44. The van der Waals surface area contributed by atoms with E-state index < -0.39 is 23.5 Å². The molecule has 0 saturated heterocycles. The number of carbonyl (C=O) groups excluding carboxylic acids is 2. The Labute approximate surface area is 173 Å². The predicted molar refractivity (Wildman–Crippen MR) is 110 cm³/mol. The average Bonchev–Trinajstić information content (AvgIpc) is 3.28. The zero-order valence-electron chi connectivity index (χ0n) is 16.7. The van der Waals surface area contributed by atoms with Gasteiger partial charge in [-0.1, -0.05) is 18.2 Å². The molecule has 30 heavy (non-hydrogen) atoms. The summed E-state index contributed by atoms with van der Waals surface area (Å²) in [5.41, 5.74) is 1.23. The van der Waals surface area contributed by atoms with Gasteiger partial charge in [-0.25, -0.2) is 0 Å². The molecule has 0 fully saturated rings. The first-order valence-electron chi connectivity index (χ1n) is 9.76. The Hall–Kier alpha value is -3.45. The van der Waals surface area contributed by atoms with Crippen LogP contribution in [0.25, 0.3) is 11.0 Å². The molecule has 1 aromatic carbocycles. The number of hydrogen-bond donors (Lipinski definition) is 1. The van der Waals surface area contributed by atoms with Crippen molar-refractivity contribution in [3.05, 3.63) is 77.5 Å². The van der Waals surface area contributed by atoms with E-state index in [0.717, 1.165) is 5.39 Å². The molecule has 1 unspecified atom stereocenters. The molecule has 3 heterocycles. The highest BCUT2D eigenvalue weighted by Crippen LogP contribution is 2.39. The summed E-state index contributed by atoms with van der Waals surface area (Å²) in [5.74, 6) is -1.62. The molecule has 1 atom stereocenters. The fourth-order valence-corrected chi connectivity index (χ4v) is 3.62. The summed E-state index contributed by atoms with van der Waals surface area (Å²) >= 11 is 0. The molecule has 0 spiro atoms. The summed E-state index contributed by atoms with van der Waals surface area (Å²) in [4.78, 5) is 31.7. The Balaban J connectivity index is 1.73. The van der Waals surface area contributed by atoms with Gasteiger partial charge in [0.15, 0.2) is 11.5 Å². The quantitative estimate of drug-likeness (QED) is 0.600. The molecule has 0 saturated carbocycles. The minimum Gasteiger partial charge on any atom is -0.503 e. The summed E-state index contributed by atoms with van der Waals surface area (Å²) in [7, 11) is 0. The number of furan rings is 1. The van der Waals surface area contributed by atoms with E-state index in [9.17, 15) is 14.7 Å². The largest absolute Gasteiger partial charge is 0.503 e. The molecule has 7 nitrogen and oxygen atoms in total. The Morgan fingerprint density at radius 1 is 1.23 bits per heavy atom. The standard InChI is InChI=1S/C23H22N2O5/c1-14(2)29-12-11-25-20(15-7-9-24-10-8-15)19(22(27)23(25)28)21(26)18-13-16-5-3-4-6-17(16)30-18/h3-10,13-14,20,27H,11-12H2,1-2H3. The Morgan fingerprint density at radius 3 is 2.67 bits per heavy atom. The van der Waals surface area contributed by atoms with E-state index in [4.69, 9.17) is 9.15 Å². The zero-order valence-corrected chi connectivity index (χ0v) is 16.7. The molecule has 154 valence electrons. The number of aliphatic hydroxyl groups is 1. The van der Waals surface area contributed by atoms with Crippen LogP contribution in [0.2, 0.25) is 0 Å². The number of amides is 1. The number of ketones is 1. The van der Waals surface area contributed by atoms with E-state index in [0.29, 0.717) is 11.1 Å². The van der Waals surface area contributed by atoms with Crippen molar-refractivity contribution in [2.75, 3.05) is 13.2 Å². The number of benzene rings is 1. The topological polar surface area (TPSA) is 92.9 Å². The van der Waals surface area contributed by atoms with Crippen LogP contribution in [0.5, 0.6) is 0 Å². The SMILES string of the molecule is CC(C)OCCN1C(=O)C(O)=C(C(=O)c2cc3ccccc3o2)C1c1ccncc1. The van der Waals surface area contributed by atoms with Crippen LogP contribution < -0.4 is 0 Å². The summed E-state index contributed by atoms with van der Waals surface area (Å²) in [6.07, 6.45) is 3.17. The van der Waals surface area contributed by atoms with Crippen LogP contribution >= 0.6 is 0 Å². The second-order valence-corrected chi connectivity index (χ2v) is 7.34. The number of ether oxygens (including phenoxy) is 1. The maximum Gasteiger partial charge on any atom is 0.290 e. The Morgan fingerprint density at radius 2 is 1.97 bits per heavy atom. The van der Waals surface area contributed by atoms with Crippen molar-refractivity contribution in [3.8, 4) is 0 Å². The minimum absolute atomic E-state index is 0.000266. The molecule has 1 aliphatic heterocycles. The van der Waals surface area contributed by atoms with Crippen molar-refractivity contribution < 1.29 is 23.8 Å². The first-order valence-corrected chi connectivity index (χ1v) is 9.76. The molecule has 1 amide bonds. The van der Waals surface area contributed by atoms with Crippen LogP contribution in [-0.4, -0.2) is 45.9 Å². The second-order valence-electron chi connectivity index (χ2n) is 7.34. The summed E-state index contributed by atoms with van der Waals surface area (Å²) in [5, 5.41) is 11.4. The Bertz CT molecular complexity index is 1080. The van der Waals surface area contributed by atoms with Gasteiger partial charge in [-0.15, -0.1) is 0 Å². The number of nitrogens with zero attached hydrogens (tertiary/aromatic N) is 2. The van der Waals surface area contributed by atoms with Crippen LogP contribution in [-0.2, 0) is 9.53 Å². The van der Waals surface area contributed by atoms with Crippen LogP contribution in [0.3, 0.4) is 0 Å². The Kier molecular flexibility index (Phi) is 5.37. The average molecular weight is 406 g/mol. The molecule has 2 aromatic heterocycles. The lowest BCUT2D eigenvalue weighted by molar-refractivity contribution is -0.130. The number of Topliss-reactive ketones (excluding diaryl/α,β-unsaturated/α-hetero) is 1. The normalized spacial score (nSPS) is 16.8. The fraction of sp³-hybridized carbons (Fsp3) is 0.261. The number of aromatic nitrogens is 1. The van der Waals surface area contributed by atoms with Gasteiger partial charge in [0.2, 0.25) is 5.78 Å². The third kappa shape index (κ3) is 3.59. The third-order valence-corrected chi connectivity index (χ3v) is 5.00. The molecule has 1 aliphatic rings. The van der Waals surface area contributed by atoms with Gasteiger partial charge in [0, 0.05) is 24.3 Å². The molecule has 3 aromatic rings. The van der Waals surface area contributed by atoms with Crippen molar-refractivity contribution in [2.45, 2.75) is 26.0 Å². The van der Waals surface area contributed by atoms with Crippen molar-refractivity contribution in [3.63, 3.8) is 0 Å². The van der Waals surface area contributed by atoms with E-state index in [1.54, 1.807) is 36.7 Å². The van der Waals surface area contributed by atoms with E-state index in [1.807, 2.05) is 32.0 Å². The maximum absolute atomic E-state index is 13.3. The number of carbonyl (C=O) groups is 2. The number of rotatable bonds is 7. The molecule has 0 aliphatic carbocycles. The molecule has 1 N–H and O–H groups in total. The van der Waals surface area contributed by atoms with Gasteiger partial charge in [-0.2, -0.15) is 0 Å². The van der Waals surface area contributed by atoms with Gasteiger partial charge in [0.05, 0.1) is 24.3 Å². The summed E-state index contributed by atoms with van der Waals surface area (Å²) < 4.78 is 11.3. The zero-order chi connectivity index (χ0) is 21.3. The van der Waals surface area contributed by atoms with Gasteiger partial charge >= 0.3 is 0 Å². The number of pyridine rings is 1. The first kappa shape index (κ1) is 19.8. The van der Waals surface area contributed by atoms with Crippen LogP contribution in [0, 0.1) is 0 Å². The van der Waals surface area contributed by atoms with Crippen molar-refractivity contribution >= 4 is 22.7 Å². The maximum atomic E-state index is 13.3. The number of para-hydroxylation sites is 1. The number of hydrogen-bond acceptors (Lipinski definition) is 6. The molecule has 7 heteroatoms. The molecular formula is C23H22N2O5. The van der Waals surface area contributed by atoms with E-state index in [2.05, 4.69) is 4.98 Å². The second kappa shape index (κ2) is 8.12. The van der Waals surface area contributed by atoms with Crippen molar-refractivity contribution in [1.29, 1.82) is 0 Å². The van der Waals surface area contributed by atoms with Gasteiger partial charge in [0.25, 0.3) is 5.91 Å². The highest BCUT2D eigenvalue weighted by molar-refractivity contribution is 6.16. The smallest absolute Gasteiger partial charge is 0.290 e. The van der Waals surface area contributed by atoms with Crippen molar-refractivity contribution in [1.82, 2.24) is 9.88 Å². The summed E-state index contributed by atoms with van der Waals surface area (Å²) in [6.45, 7) is 4.31. The van der Waals surface area contributed by atoms with E-state index in [-0.39, 0.29) is 30.6 Å². The van der Waals surface area contributed by atoms with Gasteiger partial charge in [-0.05, 0) is 43.7 Å². The monoisotopic (exact) mass is 406 g/mol. The highest BCUT2D eigenvalue weighted by atomic mass is 16.5. The van der Waals surface area contributed by atoms with Crippen LogP contribution in [0.15, 0.2) is 70.6 Å². The van der Waals surface area contributed by atoms with Crippen LogP contribution in [0.4, 0.5) is 0 Å². The predicted octanol–water partition coefficient (Wildman–Crippen LogP) is 3.83. The lowest BCUT2D eigenvalue weighted by Gasteiger charge is -2.26. The van der Waals surface area contributed by atoms with Crippen molar-refractivity contribution in [2.24, 2.45) is 0 Å². The van der Waals surface area contributed by atoms with E-state index in [1.165, 1.54) is 4.90 Å². The molecule has 4 rings (SSSR count). The van der Waals surface area contributed by atoms with Gasteiger partial charge < -0.3 is 19.2 Å². The third-order valence-electron chi connectivity index (χ3n) is 5.00. The lowest BCUT2D eigenvalue weighted by Crippen LogP contribution is -2.34. The van der Waals surface area contributed by atoms with Gasteiger partial charge in [-0.3, -0.25) is 14.6 Å². The van der Waals surface area contributed by atoms with E-state index >= 15 is 0 Å². The number of aliphatic hydroxyl groups excluding tert-OH is 1. The van der Waals surface area contributed by atoms with Gasteiger partial charge in [0.1, 0.15) is 5.58 Å². The lowest BCUT2D eigenvalue weighted by atomic mass is 9.96. The number of fused-ring (bicyclic) bond motifs is 1. The fourth-order valence-electron chi connectivity index (χ4n) is 3.62. The van der Waals surface area contributed by atoms with Crippen LogP contribution in [0.1, 0.15) is 36.0 Å². The summed E-state index contributed by atoms with van der Waals surface area (Å²) in [6, 6.07) is 11.6. The molecule has 0 radical (unpaired) electrons. The molecule has 0 bridgehead atoms. The molecular weight excluding hydrogens is 384 g/mol. The minimum atomic E-state index is -0.753.